The lowest BCUT2D eigenvalue weighted by molar-refractivity contribution is 0.547. The number of likely N-dealkylation sites (N-methyl/N-ethyl adjacent to an activating group) is 1. The van der Waals surface area contributed by atoms with Crippen LogP contribution < -0.4 is 5.32 Å². The molecule has 0 bridgehead atoms. The van der Waals surface area contributed by atoms with Crippen LogP contribution in [0.1, 0.15) is 17.2 Å². The van der Waals surface area contributed by atoms with Crippen molar-refractivity contribution >= 4 is 15.9 Å². The number of benzene rings is 1. The van der Waals surface area contributed by atoms with Crippen LogP contribution >= 0.6 is 15.9 Å². The van der Waals surface area contributed by atoms with Crippen LogP contribution in [0.25, 0.3) is 0 Å². The number of furan rings is 1. The first-order valence-corrected chi connectivity index (χ1v) is 6.14. The van der Waals surface area contributed by atoms with E-state index >= 15 is 0 Å². The summed E-state index contributed by atoms with van der Waals surface area (Å²) in [5.74, 6) is -0.241. The summed E-state index contributed by atoms with van der Waals surface area (Å²) in [6.07, 6.45) is 4.11. The molecule has 0 aliphatic heterocycles. The zero-order valence-electron chi connectivity index (χ0n) is 9.41. The average Bonchev–Trinajstić information content (AvgIpc) is 2.83. The molecule has 17 heavy (non-hydrogen) atoms. The van der Waals surface area contributed by atoms with E-state index in [-0.39, 0.29) is 11.9 Å². The molecular formula is C13H13BrFNO. The standard InChI is InChI=1S/C13H13BrFNO/c1-16-12(7-9-5-6-17-8-9)10-3-2-4-11(15)13(10)14/h2-6,8,12,16H,7H2,1H3. The van der Waals surface area contributed by atoms with Gasteiger partial charge in [0.25, 0.3) is 0 Å². The van der Waals surface area contributed by atoms with Gasteiger partial charge in [-0.25, -0.2) is 4.39 Å². The fourth-order valence-corrected chi connectivity index (χ4v) is 2.34. The van der Waals surface area contributed by atoms with Crippen molar-refractivity contribution in [3.8, 4) is 0 Å². The second-order valence-corrected chi connectivity index (χ2v) is 4.61. The molecule has 1 unspecified atom stereocenters. The van der Waals surface area contributed by atoms with E-state index in [4.69, 9.17) is 4.42 Å². The lowest BCUT2D eigenvalue weighted by Crippen LogP contribution is -2.19. The van der Waals surface area contributed by atoms with Gasteiger partial charge in [0.15, 0.2) is 0 Å². The molecule has 0 saturated heterocycles. The third-order valence-corrected chi connectivity index (χ3v) is 3.56. The molecule has 4 heteroatoms. The fraction of sp³-hybridized carbons (Fsp3) is 0.231. The van der Waals surface area contributed by atoms with Gasteiger partial charge in [-0.15, -0.1) is 0 Å². The average molecular weight is 298 g/mol. The van der Waals surface area contributed by atoms with Crippen molar-refractivity contribution in [3.63, 3.8) is 0 Å². The van der Waals surface area contributed by atoms with Gasteiger partial charge < -0.3 is 9.73 Å². The minimum Gasteiger partial charge on any atom is -0.472 e. The molecule has 90 valence electrons. The number of nitrogens with one attached hydrogen (secondary N) is 1. The summed E-state index contributed by atoms with van der Waals surface area (Å²) in [6, 6.07) is 7.04. The minimum absolute atomic E-state index is 0.0534. The zero-order valence-corrected chi connectivity index (χ0v) is 11.0. The summed E-state index contributed by atoms with van der Waals surface area (Å²) in [5.41, 5.74) is 1.99. The Morgan fingerprint density at radius 3 is 2.88 bits per heavy atom. The molecule has 2 rings (SSSR count). The third kappa shape index (κ3) is 2.76. The van der Waals surface area contributed by atoms with Gasteiger partial charge in [-0.2, -0.15) is 0 Å². The van der Waals surface area contributed by atoms with Gasteiger partial charge in [-0.3, -0.25) is 0 Å². The van der Waals surface area contributed by atoms with E-state index in [0.29, 0.717) is 4.47 Å². The van der Waals surface area contributed by atoms with Crippen molar-refractivity contribution in [3.05, 3.63) is 58.2 Å². The Balaban J connectivity index is 2.26. The second-order valence-electron chi connectivity index (χ2n) is 3.82. The van der Waals surface area contributed by atoms with Crippen LogP contribution in [-0.4, -0.2) is 7.05 Å². The molecule has 0 aliphatic carbocycles. The minimum atomic E-state index is -0.241. The molecule has 0 spiro atoms. The predicted molar refractivity (Wildman–Crippen MR) is 68.3 cm³/mol. The van der Waals surface area contributed by atoms with Crippen LogP contribution in [0.5, 0.6) is 0 Å². The molecule has 2 aromatic rings. The van der Waals surface area contributed by atoms with Gasteiger partial charge >= 0.3 is 0 Å². The lowest BCUT2D eigenvalue weighted by Gasteiger charge is -2.17. The van der Waals surface area contributed by atoms with Crippen LogP contribution in [0.4, 0.5) is 4.39 Å². The van der Waals surface area contributed by atoms with Crippen molar-refractivity contribution in [2.24, 2.45) is 0 Å². The topological polar surface area (TPSA) is 25.2 Å². The van der Waals surface area contributed by atoms with Crippen LogP contribution in [0.3, 0.4) is 0 Å². The third-order valence-electron chi connectivity index (χ3n) is 2.73. The molecule has 2 nitrogen and oxygen atoms in total. The Morgan fingerprint density at radius 1 is 1.41 bits per heavy atom. The number of halogens is 2. The van der Waals surface area contributed by atoms with Gasteiger partial charge in [-0.1, -0.05) is 12.1 Å². The maximum absolute atomic E-state index is 13.5. The highest BCUT2D eigenvalue weighted by Gasteiger charge is 2.15. The summed E-state index contributed by atoms with van der Waals surface area (Å²) in [7, 11) is 1.86. The molecule has 0 amide bonds. The Morgan fingerprint density at radius 2 is 2.24 bits per heavy atom. The maximum Gasteiger partial charge on any atom is 0.137 e. The Hall–Kier alpha value is -1.13. The van der Waals surface area contributed by atoms with Crippen molar-refractivity contribution in [1.82, 2.24) is 5.32 Å². The number of hydrogen-bond donors (Lipinski definition) is 1. The van der Waals surface area contributed by atoms with Gasteiger partial charge in [0.2, 0.25) is 0 Å². The van der Waals surface area contributed by atoms with E-state index in [1.807, 2.05) is 19.2 Å². The highest BCUT2D eigenvalue weighted by molar-refractivity contribution is 9.10. The maximum atomic E-state index is 13.5. The molecule has 1 atom stereocenters. The monoisotopic (exact) mass is 297 g/mol. The molecule has 0 radical (unpaired) electrons. The van der Waals surface area contributed by atoms with E-state index < -0.39 is 0 Å². The van der Waals surface area contributed by atoms with E-state index in [1.165, 1.54) is 6.07 Å². The summed E-state index contributed by atoms with van der Waals surface area (Å²) >= 11 is 3.29. The van der Waals surface area contributed by atoms with Crippen molar-refractivity contribution in [1.29, 1.82) is 0 Å². The molecular weight excluding hydrogens is 285 g/mol. The molecule has 0 fully saturated rings. The fourth-order valence-electron chi connectivity index (χ4n) is 1.80. The smallest absolute Gasteiger partial charge is 0.137 e. The highest BCUT2D eigenvalue weighted by Crippen LogP contribution is 2.28. The second kappa shape index (κ2) is 5.47. The van der Waals surface area contributed by atoms with E-state index in [1.54, 1.807) is 18.6 Å². The summed E-state index contributed by atoms with van der Waals surface area (Å²) in [6.45, 7) is 0. The van der Waals surface area contributed by atoms with E-state index in [0.717, 1.165) is 17.5 Å². The number of rotatable bonds is 4. The molecule has 0 saturated carbocycles. The van der Waals surface area contributed by atoms with Gasteiger partial charge in [-0.05, 0) is 52.7 Å². The molecule has 1 N–H and O–H groups in total. The first-order valence-electron chi connectivity index (χ1n) is 5.34. The largest absolute Gasteiger partial charge is 0.472 e. The van der Waals surface area contributed by atoms with E-state index in [9.17, 15) is 4.39 Å². The van der Waals surface area contributed by atoms with Crippen molar-refractivity contribution < 1.29 is 8.81 Å². The van der Waals surface area contributed by atoms with E-state index in [2.05, 4.69) is 21.2 Å². The van der Waals surface area contributed by atoms with Crippen molar-refractivity contribution in [2.45, 2.75) is 12.5 Å². The first-order chi connectivity index (χ1) is 8.22. The van der Waals surface area contributed by atoms with Gasteiger partial charge in [0, 0.05) is 6.04 Å². The molecule has 1 aromatic heterocycles. The molecule has 1 aromatic carbocycles. The number of hydrogen-bond acceptors (Lipinski definition) is 2. The first kappa shape index (κ1) is 12.3. The Labute approximate surface area is 108 Å². The molecule has 1 heterocycles. The van der Waals surface area contributed by atoms with Crippen molar-refractivity contribution in [2.75, 3.05) is 7.05 Å². The Kier molecular flexibility index (Phi) is 3.97. The van der Waals surface area contributed by atoms with Gasteiger partial charge in [0.1, 0.15) is 5.82 Å². The Bertz CT molecular complexity index is 484. The summed E-state index contributed by atoms with van der Waals surface area (Å²) in [5, 5.41) is 3.19. The van der Waals surface area contributed by atoms with Crippen LogP contribution in [0, 0.1) is 5.82 Å². The van der Waals surface area contributed by atoms with Crippen LogP contribution in [0.15, 0.2) is 45.7 Å². The molecule has 0 aliphatic rings. The quantitative estimate of drug-likeness (QED) is 0.931. The lowest BCUT2D eigenvalue weighted by atomic mass is 10.0. The highest BCUT2D eigenvalue weighted by atomic mass is 79.9. The SMILES string of the molecule is CNC(Cc1ccoc1)c1cccc(F)c1Br. The van der Waals surface area contributed by atoms with Crippen LogP contribution in [-0.2, 0) is 6.42 Å². The summed E-state index contributed by atoms with van der Waals surface area (Å²) < 4.78 is 19.0. The normalized spacial score (nSPS) is 12.6. The predicted octanol–water partition coefficient (Wildman–Crippen LogP) is 3.68. The van der Waals surface area contributed by atoms with Crippen LogP contribution in [0.2, 0.25) is 0 Å². The summed E-state index contributed by atoms with van der Waals surface area (Å²) in [4.78, 5) is 0. The van der Waals surface area contributed by atoms with Gasteiger partial charge in [0.05, 0.1) is 17.0 Å². The zero-order chi connectivity index (χ0) is 12.3.